The Morgan fingerprint density at radius 1 is 1.38 bits per heavy atom. The van der Waals surface area contributed by atoms with E-state index in [9.17, 15) is 9.59 Å². The fraction of sp³-hybridized carbons (Fsp3) is 0.273. The number of hydrogen-bond donors (Lipinski definition) is 2. The fourth-order valence-corrected chi connectivity index (χ4v) is 1.43. The molecule has 0 unspecified atom stereocenters. The van der Waals surface area contributed by atoms with E-state index in [0.717, 1.165) is 5.56 Å². The molecular formula is C11H12ClNO3. The van der Waals surface area contributed by atoms with E-state index < -0.39 is 12.0 Å². The molecule has 0 radical (unpaired) electrons. The van der Waals surface area contributed by atoms with Gasteiger partial charge in [0.25, 0.3) is 0 Å². The summed E-state index contributed by atoms with van der Waals surface area (Å²) in [5.41, 5.74) is 0.811. The number of carbonyl (C=O) groups is 2. The Morgan fingerprint density at radius 2 is 1.94 bits per heavy atom. The first-order valence-electron chi connectivity index (χ1n) is 4.73. The minimum absolute atomic E-state index is 0.242. The number of rotatable bonds is 4. The molecule has 5 heteroatoms. The molecule has 16 heavy (non-hydrogen) atoms. The molecule has 1 rings (SSSR count). The number of carboxylic acids is 1. The summed E-state index contributed by atoms with van der Waals surface area (Å²) in [6.07, 6.45) is 0.242. The van der Waals surface area contributed by atoms with Crippen LogP contribution in [0.1, 0.15) is 12.5 Å². The minimum atomic E-state index is -1.05. The number of carbonyl (C=O) groups excluding carboxylic acids is 1. The Balaban J connectivity index is 2.71. The number of carboxylic acid groups (broad SMARTS) is 1. The van der Waals surface area contributed by atoms with Crippen LogP contribution >= 0.6 is 11.6 Å². The minimum Gasteiger partial charge on any atom is -0.480 e. The molecule has 2 N–H and O–H groups in total. The van der Waals surface area contributed by atoms with E-state index in [2.05, 4.69) is 5.32 Å². The van der Waals surface area contributed by atoms with Crippen LogP contribution in [0, 0.1) is 0 Å². The van der Waals surface area contributed by atoms with E-state index >= 15 is 0 Å². The average molecular weight is 242 g/mol. The summed E-state index contributed by atoms with van der Waals surface area (Å²) < 4.78 is 0. The lowest BCUT2D eigenvalue weighted by Gasteiger charge is -2.13. The first-order chi connectivity index (χ1) is 7.49. The van der Waals surface area contributed by atoms with Crippen LogP contribution in [0.4, 0.5) is 0 Å². The first kappa shape index (κ1) is 12.5. The molecule has 0 saturated carbocycles. The SMILES string of the molecule is CC(=O)N[C@@H](Cc1ccc(Cl)cc1)C(=O)O. The molecule has 0 bridgehead atoms. The zero-order valence-electron chi connectivity index (χ0n) is 8.74. The number of hydrogen-bond acceptors (Lipinski definition) is 2. The van der Waals surface area contributed by atoms with Crippen LogP contribution in [0.5, 0.6) is 0 Å². The van der Waals surface area contributed by atoms with E-state index in [4.69, 9.17) is 16.7 Å². The second-order valence-electron chi connectivity index (χ2n) is 3.42. The maximum Gasteiger partial charge on any atom is 0.326 e. The molecule has 86 valence electrons. The lowest BCUT2D eigenvalue weighted by molar-refractivity contribution is -0.141. The van der Waals surface area contributed by atoms with Gasteiger partial charge in [0, 0.05) is 18.4 Å². The predicted molar refractivity (Wildman–Crippen MR) is 60.4 cm³/mol. The summed E-state index contributed by atoms with van der Waals surface area (Å²) >= 11 is 5.71. The summed E-state index contributed by atoms with van der Waals surface area (Å²) in [6.45, 7) is 1.29. The third kappa shape index (κ3) is 3.90. The van der Waals surface area contributed by atoms with Gasteiger partial charge in [0.15, 0.2) is 0 Å². The molecule has 0 fully saturated rings. The highest BCUT2D eigenvalue weighted by molar-refractivity contribution is 6.30. The van der Waals surface area contributed by atoms with Crippen LogP contribution in [0.15, 0.2) is 24.3 Å². The van der Waals surface area contributed by atoms with E-state index in [1.165, 1.54) is 6.92 Å². The summed E-state index contributed by atoms with van der Waals surface area (Å²) in [4.78, 5) is 21.7. The Morgan fingerprint density at radius 3 is 2.38 bits per heavy atom. The van der Waals surface area contributed by atoms with E-state index in [0.29, 0.717) is 5.02 Å². The molecule has 1 aromatic carbocycles. The highest BCUT2D eigenvalue weighted by Gasteiger charge is 2.18. The van der Waals surface area contributed by atoms with Gasteiger partial charge in [-0.1, -0.05) is 23.7 Å². The second-order valence-corrected chi connectivity index (χ2v) is 3.86. The van der Waals surface area contributed by atoms with Crippen LogP contribution in [0.3, 0.4) is 0 Å². The van der Waals surface area contributed by atoms with Crippen molar-refractivity contribution in [1.82, 2.24) is 5.32 Å². The van der Waals surface area contributed by atoms with Crippen molar-refractivity contribution in [2.45, 2.75) is 19.4 Å². The van der Waals surface area contributed by atoms with Crippen molar-refractivity contribution < 1.29 is 14.7 Å². The standard InChI is InChI=1S/C11H12ClNO3/c1-7(14)13-10(11(15)16)6-8-2-4-9(12)5-3-8/h2-5,10H,6H2,1H3,(H,13,14)(H,15,16)/t10-/m0/s1. The molecule has 0 heterocycles. The highest BCUT2D eigenvalue weighted by atomic mass is 35.5. The Hall–Kier alpha value is -1.55. The van der Waals surface area contributed by atoms with Gasteiger partial charge in [0.1, 0.15) is 6.04 Å². The monoisotopic (exact) mass is 241 g/mol. The maximum atomic E-state index is 10.9. The summed E-state index contributed by atoms with van der Waals surface area (Å²) in [7, 11) is 0. The van der Waals surface area contributed by atoms with Crippen LogP contribution in [0.2, 0.25) is 5.02 Å². The molecular weight excluding hydrogens is 230 g/mol. The van der Waals surface area contributed by atoms with Crippen molar-refractivity contribution >= 4 is 23.5 Å². The third-order valence-electron chi connectivity index (χ3n) is 2.03. The summed E-state index contributed by atoms with van der Waals surface area (Å²) in [5.74, 6) is -1.41. The van der Waals surface area contributed by atoms with Crippen molar-refractivity contribution in [2.75, 3.05) is 0 Å². The molecule has 1 amide bonds. The fourth-order valence-electron chi connectivity index (χ4n) is 1.30. The van der Waals surface area contributed by atoms with Crippen LogP contribution in [-0.4, -0.2) is 23.0 Å². The highest BCUT2D eigenvalue weighted by Crippen LogP contribution is 2.11. The van der Waals surface area contributed by atoms with Gasteiger partial charge < -0.3 is 10.4 Å². The van der Waals surface area contributed by atoms with Gasteiger partial charge in [-0.15, -0.1) is 0 Å². The average Bonchev–Trinajstić information content (AvgIpc) is 2.19. The van der Waals surface area contributed by atoms with Gasteiger partial charge in [-0.2, -0.15) is 0 Å². The van der Waals surface area contributed by atoms with Gasteiger partial charge in [-0.25, -0.2) is 4.79 Å². The number of amides is 1. The van der Waals surface area contributed by atoms with Crippen LogP contribution in [-0.2, 0) is 16.0 Å². The Kier molecular flexibility index (Phi) is 4.31. The van der Waals surface area contributed by atoms with E-state index in [-0.39, 0.29) is 12.3 Å². The Labute approximate surface area is 98.2 Å². The zero-order chi connectivity index (χ0) is 12.1. The zero-order valence-corrected chi connectivity index (χ0v) is 9.49. The molecule has 0 spiro atoms. The number of benzene rings is 1. The smallest absolute Gasteiger partial charge is 0.326 e. The molecule has 4 nitrogen and oxygen atoms in total. The Bertz CT molecular complexity index is 389. The lowest BCUT2D eigenvalue weighted by Crippen LogP contribution is -2.41. The lowest BCUT2D eigenvalue weighted by atomic mass is 10.1. The van der Waals surface area contributed by atoms with E-state index in [1.54, 1.807) is 24.3 Å². The van der Waals surface area contributed by atoms with Gasteiger partial charge in [0.05, 0.1) is 0 Å². The number of halogens is 1. The molecule has 1 atom stereocenters. The van der Waals surface area contributed by atoms with Crippen molar-refractivity contribution in [3.8, 4) is 0 Å². The van der Waals surface area contributed by atoms with Gasteiger partial charge in [-0.3, -0.25) is 4.79 Å². The molecule has 0 aliphatic carbocycles. The number of nitrogens with one attached hydrogen (secondary N) is 1. The van der Waals surface area contributed by atoms with Crippen molar-refractivity contribution in [1.29, 1.82) is 0 Å². The topological polar surface area (TPSA) is 66.4 Å². The molecule has 0 aliphatic rings. The van der Waals surface area contributed by atoms with Gasteiger partial charge in [-0.05, 0) is 17.7 Å². The van der Waals surface area contributed by atoms with Crippen molar-refractivity contribution in [2.24, 2.45) is 0 Å². The largest absolute Gasteiger partial charge is 0.480 e. The summed E-state index contributed by atoms with van der Waals surface area (Å²) in [6, 6.07) is 5.94. The van der Waals surface area contributed by atoms with Crippen LogP contribution < -0.4 is 5.32 Å². The van der Waals surface area contributed by atoms with E-state index in [1.807, 2.05) is 0 Å². The number of aliphatic carboxylic acids is 1. The van der Waals surface area contributed by atoms with Crippen molar-refractivity contribution in [3.05, 3.63) is 34.9 Å². The molecule has 0 aliphatic heterocycles. The second kappa shape index (κ2) is 5.51. The van der Waals surface area contributed by atoms with Crippen LogP contribution in [0.25, 0.3) is 0 Å². The van der Waals surface area contributed by atoms with Gasteiger partial charge >= 0.3 is 5.97 Å². The van der Waals surface area contributed by atoms with Crippen molar-refractivity contribution in [3.63, 3.8) is 0 Å². The molecule has 0 saturated heterocycles. The quantitative estimate of drug-likeness (QED) is 0.839. The van der Waals surface area contributed by atoms with Gasteiger partial charge in [0.2, 0.25) is 5.91 Å². The predicted octanol–water partition coefficient (Wildman–Crippen LogP) is 1.47. The first-order valence-corrected chi connectivity index (χ1v) is 5.11. The molecule has 0 aromatic heterocycles. The maximum absolute atomic E-state index is 10.9. The molecule has 1 aromatic rings. The summed E-state index contributed by atoms with van der Waals surface area (Å²) in [5, 5.41) is 11.9. The third-order valence-corrected chi connectivity index (χ3v) is 2.28. The normalized spacial score (nSPS) is 11.9.